The van der Waals surface area contributed by atoms with E-state index in [1.807, 2.05) is 12.1 Å². The van der Waals surface area contributed by atoms with E-state index < -0.39 is 0 Å². The Balaban J connectivity index is 2.14. The Morgan fingerprint density at radius 2 is 1.70 bits per heavy atom. The Hall–Kier alpha value is -1.19. The highest BCUT2D eigenvalue weighted by molar-refractivity contribution is 9.10. The second-order valence-electron chi connectivity index (χ2n) is 4.89. The van der Waals surface area contributed by atoms with E-state index >= 15 is 0 Å². The van der Waals surface area contributed by atoms with Crippen LogP contribution >= 0.6 is 15.9 Å². The van der Waals surface area contributed by atoms with Crippen LogP contribution in [0, 0.1) is 5.82 Å². The van der Waals surface area contributed by atoms with E-state index in [0.717, 1.165) is 29.4 Å². The highest BCUT2D eigenvalue weighted by Crippen LogP contribution is 2.20. The van der Waals surface area contributed by atoms with Gasteiger partial charge in [0.05, 0.1) is 0 Å². The largest absolute Gasteiger partial charge is 0.310 e. The number of benzene rings is 2. The lowest BCUT2D eigenvalue weighted by Crippen LogP contribution is -2.24. The van der Waals surface area contributed by atoms with Crippen molar-refractivity contribution in [2.24, 2.45) is 0 Å². The van der Waals surface area contributed by atoms with Crippen molar-refractivity contribution >= 4 is 15.9 Å². The first kappa shape index (κ1) is 15.2. The van der Waals surface area contributed by atoms with E-state index in [4.69, 9.17) is 0 Å². The van der Waals surface area contributed by atoms with Crippen LogP contribution in [0.5, 0.6) is 0 Å². The van der Waals surface area contributed by atoms with Crippen molar-refractivity contribution in [3.63, 3.8) is 0 Å². The van der Waals surface area contributed by atoms with Crippen LogP contribution in [-0.4, -0.2) is 6.54 Å². The molecule has 20 heavy (non-hydrogen) atoms. The van der Waals surface area contributed by atoms with Crippen LogP contribution in [-0.2, 0) is 6.42 Å². The maximum Gasteiger partial charge on any atom is 0.123 e. The quantitative estimate of drug-likeness (QED) is 0.793. The van der Waals surface area contributed by atoms with Gasteiger partial charge in [0.2, 0.25) is 0 Å². The number of halogens is 2. The van der Waals surface area contributed by atoms with E-state index in [9.17, 15) is 4.39 Å². The van der Waals surface area contributed by atoms with Gasteiger partial charge < -0.3 is 5.32 Å². The van der Waals surface area contributed by atoms with Gasteiger partial charge in [-0.05, 0) is 54.8 Å². The first-order valence-electron chi connectivity index (χ1n) is 6.92. The molecule has 0 aliphatic heterocycles. The summed E-state index contributed by atoms with van der Waals surface area (Å²) in [5.41, 5.74) is 2.40. The Kier molecular flexibility index (Phi) is 5.74. The molecule has 1 nitrogen and oxygen atoms in total. The summed E-state index contributed by atoms with van der Waals surface area (Å²) in [5.74, 6) is -0.188. The molecule has 0 heterocycles. The molecule has 0 saturated carbocycles. The van der Waals surface area contributed by atoms with Crippen LogP contribution < -0.4 is 5.32 Å². The summed E-state index contributed by atoms with van der Waals surface area (Å²) in [4.78, 5) is 0. The highest BCUT2D eigenvalue weighted by Gasteiger charge is 2.11. The standard InChI is InChI=1S/C17H19BrFN/c1-2-11-20-17(14-5-9-16(19)10-6-14)12-13-3-7-15(18)8-4-13/h3-10,17,20H,2,11-12H2,1H3. The number of hydrogen-bond donors (Lipinski definition) is 1. The molecule has 0 aliphatic rings. The monoisotopic (exact) mass is 335 g/mol. The van der Waals surface area contributed by atoms with E-state index in [0.29, 0.717) is 0 Å². The molecular formula is C17H19BrFN. The molecule has 1 atom stereocenters. The van der Waals surface area contributed by atoms with Gasteiger partial charge in [-0.3, -0.25) is 0 Å². The van der Waals surface area contributed by atoms with Crippen molar-refractivity contribution in [3.05, 3.63) is 69.9 Å². The molecular weight excluding hydrogens is 317 g/mol. The minimum absolute atomic E-state index is 0.188. The predicted octanol–water partition coefficient (Wildman–Crippen LogP) is 4.87. The summed E-state index contributed by atoms with van der Waals surface area (Å²) in [6.07, 6.45) is 1.98. The average Bonchev–Trinajstić information content (AvgIpc) is 2.46. The fourth-order valence-corrected chi connectivity index (χ4v) is 2.44. The van der Waals surface area contributed by atoms with Crippen molar-refractivity contribution in [1.29, 1.82) is 0 Å². The van der Waals surface area contributed by atoms with Crippen molar-refractivity contribution in [2.75, 3.05) is 6.54 Å². The summed E-state index contributed by atoms with van der Waals surface area (Å²) in [6.45, 7) is 3.10. The topological polar surface area (TPSA) is 12.0 Å². The van der Waals surface area contributed by atoms with Gasteiger partial charge in [0.25, 0.3) is 0 Å². The third kappa shape index (κ3) is 4.43. The van der Waals surface area contributed by atoms with E-state index in [2.05, 4.69) is 52.4 Å². The van der Waals surface area contributed by atoms with Crippen LogP contribution in [0.3, 0.4) is 0 Å². The molecule has 0 amide bonds. The molecule has 1 N–H and O–H groups in total. The fraction of sp³-hybridized carbons (Fsp3) is 0.294. The molecule has 1 unspecified atom stereocenters. The predicted molar refractivity (Wildman–Crippen MR) is 85.3 cm³/mol. The summed E-state index contributed by atoms with van der Waals surface area (Å²) >= 11 is 3.45. The lowest BCUT2D eigenvalue weighted by atomic mass is 9.98. The molecule has 2 rings (SSSR count). The Morgan fingerprint density at radius 3 is 2.30 bits per heavy atom. The summed E-state index contributed by atoms with van der Waals surface area (Å²) in [6, 6.07) is 15.3. The van der Waals surface area contributed by atoms with Gasteiger partial charge in [-0.1, -0.05) is 47.1 Å². The van der Waals surface area contributed by atoms with Gasteiger partial charge in [0.1, 0.15) is 5.82 Å². The first-order valence-corrected chi connectivity index (χ1v) is 7.71. The molecule has 0 fully saturated rings. The Labute approximate surface area is 128 Å². The van der Waals surface area contributed by atoms with Gasteiger partial charge in [-0.25, -0.2) is 4.39 Å². The highest BCUT2D eigenvalue weighted by atomic mass is 79.9. The maximum atomic E-state index is 13.0. The molecule has 0 aromatic heterocycles. The molecule has 0 spiro atoms. The molecule has 0 aliphatic carbocycles. The van der Waals surface area contributed by atoms with Gasteiger partial charge >= 0.3 is 0 Å². The van der Waals surface area contributed by atoms with Crippen molar-refractivity contribution in [2.45, 2.75) is 25.8 Å². The Morgan fingerprint density at radius 1 is 1.05 bits per heavy atom. The van der Waals surface area contributed by atoms with Crippen molar-refractivity contribution in [1.82, 2.24) is 5.32 Å². The maximum absolute atomic E-state index is 13.0. The van der Waals surface area contributed by atoms with Crippen molar-refractivity contribution in [3.8, 4) is 0 Å². The fourth-order valence-electron chi connectivity index (χ4n) is 2.18. The third-order valence-electron chi connectivity index (χ3n) is 3.27. The lowest BCUT2D eigenvalue weighted by molar-refractivity contribution is 0.527. The minimum Gasteiger partial charge on any atom is -0.310 e. The number of hydrogen-bond acceptors (Lipinski definition) is 1. The summed E-state index contributed by atoms with van der Waals surface area (Å²) in [7, 11) is 0. The van der Waals surface area contributed by atoms with Crippen LogP contribution in [0.1, 0.15) is 30.5 Å². The van der Waals surface area contributed by atoms with Crippen molar-refractivity contribution < 1.29 is 4.39 Å². The van der Waals surface area contributed by atoms with Gasteiger partial charge in [0.15, 0.2) is 0 Å². The lowest BCUT2D eigenvalue weighted by Gasteiger charge is -2.19. The number of nitrogens with one attached hydrogen (secondary N) is 1. The molecule has 2 aromatic carbocycles. The molecule has 0 radical (unpaired) electrons. The molecule has 2 aromatic rings. The molecule has 106 valence electrons. The zero-order valence-corrected chi connectivity index (χ0v) is 13.2. The second kappa shape index (κ2) is 7.55. The van der Waals surface area contributed by atoms with Gasteiger partial charge in [-0.15, -0.1) is 0 Å². The summed E-state index contributed by atoms with van der Waals surface area (Å²) < 4.78 is 14.1. The first-order chi connectivity index (χ1) is 9.69. The smallest absolute Gasteiger partial charge is 0.123 e. The minimum atomic E-state index is -0.188. The van der Waals surface area contributed by atoms with Crippen LogP contribution in [0.25, 0.3) is 0 Å². The van der Waals surface area contributed by atoms with E-state index in [1.54, 1.807) is 0 Å². The summed E-state index contributed by atoms with van der Waals surface area (Å²) in [5, 5.41) is 3.53. The van der Waals surface area contributed by atoms with Gasteiger partial charge in [-0.2, -0.15) is 0 Å². The second-order valence-corrected chi connectivity index (χ2v) is 5.80. The SMILES string of the molecule is CCCNC(Cc1ccc(Br)cc1)c1ccc(F)cc1. The van der Waals surface area contributed by atoms with Crippen LogP contribution in [0.4, 0.5) is 4.39 Å². The third-order valence-corrected chi connectivity index (χ3v) is 3.79. The van der Waals surface area contributed by atoms with Gasteiger partial charge in [0, 0.05) is 10.5 Å². The zero-order valence-electron chi connectivity index (χ0n) is 11.6. The van der Waals surface area contributed by atoms with Crippen LogP contribution in [0.2, 0.25) is 0 Å². The normalized spacial score (nSPS) is 12.3. The van der Waals surface area contributed by atoms with E-state index in [1.165, 1.54) is 17.7 Å². The average molecular weight is 336 g/mol. The Bertz CT molecular complexity index is 522. The van der Waals surface area contributed by atoms with E-state index in [-0.39, 0.29) is 11.9 Å². The van der Waals surface area contributed by atoms with Crippen LogP contribution in [0.15, 0.2) is 53.0 Å². The molecule has 3 heteroatoms. The number of rotatable bonds is 6. The molecule has 0 bridgehead atoms. The molecule has 0 saturated heterocycles. The zero-order chi connectivity index (χ0) is 14.4.